The number of benzene rings is 1. The van der Waals surface area contributed by atoms with Gasteiger partial charge in [-0.05, 0) is 123 Å². The normalized spacial score (nSPS) is 39.5. The number of fused-ring (bicyclic) bond motifs is 5. The number of rotatable bonds is 8. The highest BCUT2D eigenvalue weighted by atomic mass is 32.2. The molecule has 4 saturated carbocycles. The Bertz CT molecular complexity index is 1180. The lowest BCUT2D eigenvalue weighted by Gasteiger charge is -2.62. The van der Waals surface area contributed by atoms with Gasteiger partial charge in [0.25, 0.3) is 10.0 Å². The first-order chi connectivity index (χ1) is 18.8. The van der Waals surface area contributed by atoms with Gasteiger partial charge in [0.05, 0.1) is 11.0 Å². The summed E-state index contributed by atoms with van der Waals surface area (Å²) < 4.78 is 25.6. The average molecular weight is 571 g/mol. The van der Waals surface area contributed by atoms with Gasteiger partial charge in [-0.2, -0.15) is 13.5 Å². The molecule has 4 aliphatic carbocycles. The minimum absolute atomic E-state index is 0.195. The van der Waals surface area contributed by atoms with Gasteiger partial charge in [-0.3, -0.25) is 0 Å². The van der Waals surface area contributed by atoms with Crippen LogP contribution in [0.2, 0.25) is 0 Å². The molecule has 40 heavy (non-hydrogen) atoms. The summed E-state index contributed by atoms with van der Waals surface area (Å²) in [6.07, 6.45) is 12.4. The predicted octanol–water partition coefficient (Wildman–Crippen LogP) is 7.72. The molecular weight excluding hydrogens is 516 g/mol. The maximum absolute atomic E-state index is 12.8. The molecule has 0 radical (unpaired) electrons. The minimum atomic E-state index is -3.68. The van der Waals surface area contributed by atoms with E-state index >= 15 is 0 Å². The van der Waals surface area contributed by atoms with Gasteiger partial charge in [0.2, 0.25) is 0 Å². The van der Waals surface area contributed by atoms with Crippen LogP contribution in [-0.4, -0.2) is 25.3 Å². The van der Waals surface area contributed by atoms with E-state index in [1.54, 1.807) is 12.1 Å². The van der Waals surface area contributed by atoms with Crippen molar-refractivity contribution in [1.29, 1.82) is 0 Å². The number of hydrogen-bond donors (Lipinski definition) is 2. The molecule has 4 fully saturated rings. The van der Waals surface area contributed by atoms with Crippen molar-refractivity contribution >= 4 is 15.7 Å². The van der Waals surface area contributed by atoms with Crippen molar-refractivity contribution in [2.45, 2.75) is 123 Å². The van der Waals surface area contributed by atoms with Crippen LogP contribution in [-0.2, 0) is 10.0 Å². The van der Waals surface area contributed by atoms with Crippen molar-refractivity contribution in [3.8, 4) is 0 Å². The van der Waals surface area contributed by atoms with Gasteiger partial charge in [0, 0.05) is 5.71 Å². The summed E-state index contributed by atoms with van der Waals surface area (Å²) in [4.78, 5) is 2.75. The highest BCUT2D eigenvalue weighted by molar-refractivity contribution is 7.89. The van der Waals surface area contributed by atoms with Crippen LogP contribution in [0, 0.1) is 59.2 Å². The number of hydrazone groups is 1. The molecule has 0 saturated heterocycles. The lowest BCUT2D eigenvalue weighted by atomic mass is 9.43. The fraction of sp³-hybridized carbons (Fsp3) is 0.794. The standard InChI is InChI=1S/C34H54N2O3S/c1-22(2)8-7-9-24(4)28-14-15-29-32-30(17-19-34(28,29)6)33(5)18-16-26(20-25(33)21-31(32)37)35-36-40(38,39)27-12-10-23(3)11-13-27/h10-13,22,24-25,28-32,36-37H,7-9,14-21H2,1-6H3/b35-26+/t24-,25?,28-,29+,30+,31-,32+,33+,34-/m1/s1. The van der Waals surface area contributed by atoms with Crippen LogP contribution in [0.5, 0.6) is 0 Å². The average Bonchev–Trinajstić information content (AvgIpc) is 3.25. The first-order valence-electron chi connectivity index (χ1n) is 16.2. The van der Waals surface area contributed by atoms with Crippen LogP contribution in [0.3, 0.4) is 0 Å². The topological polar surface area (TPSA) is 78.8 Å². The largest absolute Gasteiger partial charge is 0.393 e. The smallest absolute Gasteiger partial charge is 0.276 e. The molecule has 4 aliphatic rings. The summed E-state index contributed by atoms with van der Waals surface area (Å²) >= 11 is 0. The molecule has 0 amide bonds. The summed E-state index contributed by atoms with van der Waals surface area (Å²) in [6, 6.07) is 6.88. The third-order valence-electron chi connectivity index (χ3n) is 12.4. The van der Waals surface area contributed by atoms with Crippen LogP contribution in [0.4, 0.5) is 0 Å². The van der Waals surface area contributed by atoms with E-state index in [1.165, 1.54) is 44.9 Å². The van der Waals surface area contributed by atoms with Crippen molar-refractivity contribution in [1.82, 2.24) is 4.83 Å². The van der Waals surface area contributed by atoms with Gasteiger partial charge in [0.1, 0.15) is 0 Å². The molecule has 1 unspecified atom stereocenters. The lowest BCUT2D eigenvalue weighted by Crippen LogP contribution is -2.58. The molecule has 2 N–H and O–H groups in total. The molecule has 0 aliphatic heterocycles. The Kier molecular flexibility index (Phi) is 8.54. The van der Waals surface area contributed by atoms with Gasteiger partial charge in [0.15, 0.2) is 0 Å². The van der Waals surface area contributed by atoms with Gasteiger partial charge in [-0.1, -0.05) is 71.6 Å². The van der Waals surface area contributed by atoms with Crippen molar-refractivity contribution < 1.29 is 13.5 Å². The van der Waals surface area contributed by atoms with E-state index < -0.39 is 10.0 Å². The first kappa shape index (κ1) is 30.1. The van der Waals surface area contributed by atoms with Gasteiger partial charge >= 0.3 is 0 Å². The monoisotopic (exact) mass is 570 g/mol. The Morgan fingerprint density at radius 3 is 2.40 bits per heavy atom. The van der Waals surface area contributed by atoms with E-state index in [2.05, 4.69) is 44.6 Å². The van der Waals surface area contributed by atoms with Crippen molar-refractivity contribution in [2.75, 3.05) is 0 Å². The van der Waals surface area contributed by atoms with Crippen LogP contribution < -0.4 is 4.83 Å². The molecule has 224 valence electrons. The number of aliphatic hydroxyl groups excluding tert-OH is 1. The quantitative estimate of drug-likeness (QED) is 0.314. The number of hydrogen-bond acceptors (Lipinski definition) is 4. The molecular formula is C34H54N2O3S. The second-order valence-electron chi connectivity index (χ2n) is 15.1. The second kappa shape index (κ2) is 11.4. The van der Waals surface area contributed by atoms with Crippen LogP contribution in [0.25, 0.3) is 0 Å². The van der Waals surface area contributed by atoms with Gasteiger partial charge in [-0.25, -0.2) is 4.83 Å². The molecule has 0 spiro atoms. The van der Waals surface area contributed by atoms with Crippen LogP contribution in [0.15, 0.2) is 34.3 Å². The first-order valence-corrected chi connectivity index (χ1v) is 17.7. The Morgan fingerprint density at radius 1 is 1.00 bits per heavy atom. The number of aryl methyl sites for hydroxylation is 1. The van der Waals surface area contributed by atoms with Crippen LogP contribution >= 0.6 is 0 Å². The zero-order chi connectivity index (χ0) is 28.9. The van der Waals surface area contributed by atoms with Crippen molar-refractivity contribution in [3.05, 3.63) is 29.8 Å². The molecule has 6 heteroatoms. The zero-order valence-electron chi connectivity index (χ0n) is 25.8. The van der Waals surface area contributed by atoms with E-state index in [1.807, 2.05) is 19.1 Å². The SMILES string of the molecule is Cc1ccc(S(=O)(=O)N/N=C2\CC[C@@]3(C)C(C2)C[C@@H](O)[C@H]2[C@@H]4CC[C@H]([C@H](C)CCCC(C)C)[C@@]4(C)CC[C@@H]23)cc1. The Labute approximate surface area is 244 Å². The number of nitrogens with zero attached hydrogens (tertiary/aromatic N) is 1. The molecule has 9 atom stereocenters. The van der Waals surface area contributed by atoms with Crippen molar-refractivity contribution in [3.63, 3.8) is 0 Å². The van der Waals surface area contributed by atoms with Gasteiger partial charge in [-0.15, -0.1) is 0 Å². The maximum Gasteiger partial charge on any atom is 0.276 e. The third-order valence-corrected chi connectivity index (χ3v) is 13.6. The maximum atomic E-state index is 12.8. The highest BCUT2D eigenvalue weighted by Crippen LogP contribution is 2.68. The van der Waals surface area contributed by atoms with E-state index in [4.69, 9.17) is 0 Å². The van der Waals surface area contributed by atoms with E-state index in [0.717, 1.165) is 54.7 Å². The third kappa shape index (κ3) is 5.53. The Balaban J connectivity index is 1.27. The minimum Gasteiger partial charge on any atom is -0.393 e. The molecule has 0 heterocycles. The van der Waals surface area contributed by atoms with E-state index in [9.17, 15) is 13.5 Å². The van der Waals surface area contributed by atoms with Crippen molar-refractivity contribution in [2.24, 2.45) is 57.4 Å². The molecule has 5 rings (SSSR count). The van der Waals surface area contributed by atoms with Gasteiger partial charge < -0.3 is 5.11 Å². The summed E-state index contributed by atoms with van der Waals surface area (Å²) in [5.74, 6) is 4.30. The molecule has 5 nitrogen and oxygen atoms in total. The fourth-order valence-electron chi connectivity index (χ4n) is 10.0. The second-order valence-corrected chi connectivity index (χ2v) is 16.8. The molecule has 0 aromatic heterocycles. The van der Waals surface area contributed by atoms with E-state index in [-0.39, 0.29) is 16.4 Å². The summed E-state index contributed by atoms with van der Waals surface area (Å²) in [5, 5.41) is 16.1. The molecule has 1 aromatic carbocycles. The highest BCUT2D eigenvalue weighted by Gasteiger charge is 2.62. The molecule has 1 aromatic rings. The summed E-state index contributed by atoms with van der Waals surface area (Å²) in [5.41, 5.74) is 2.51. The van der Waals surface area contributed by atoms with E-state index in [0.29, 0.717) is 29.1 Å². The number of aliphatic hydroxyl groups is 1. The Hall–Kier alpha value is -1.40. The lowest BCUT2D eigenvalue weighted by molar-refractivity contribution is -0.157. The fourth-order valence-corrected chi connectivity index (χ4v) is 10.9. The number of sulfonamides is 1. The predicted molar refractivity (Wildman–Crippen MR) is 163 cm³/mol. The number of nitrogens with one attached hydrogen (secondary N) is 1. The zero-order valence-corrected chi connectivity index (χ0v) is 26.6. The summed E-state index contributed by atoms with van der Waals surface area (Å²) in [6.45, 7) is 14.2. The summed E-state index contributed by atoms with van der Waals surface area (Å²) in [7, 11) is -3.68. The molecule has 0 bridgehead atoms. The van der Waals surface area contributed by atoms with Crippen LogP contribution in [0.1, 0.15) is 111 Å². The Morgan fingerprint density at radius 2 is 1.70 bits per heavy atom.